The van der Waals surface area contributed by atoms with Crippen molar-refractivity contribution in [3.8, 4) is 16.9 Å². The van der Waals surface area contributed by atoms with E-state index >= 15 is 0 Å². The summed E-state index contributed by atoms with van der Waals surface area (Å²) in [6, 6.07) is 8.44. The van der Waals surface area contributed by atoms with Crippen molar-refractivity contribution in [3.05, 3.63) is 36.8 Å². The molecule has 2 saturated heterocycles. The fraction of sp³-hybridized carbons (Fsp3) is 0.571. The molecule has 1 aliphatic carbocycles. The number of ether oxygens (including phenoxy) is 2. The molecule has 1 saturated carbocycles. The van der Waals surface area contributed by atoms with Crippen LogP contribution in [0.15, 0.2) is 36.8 Å². The van der Waals surface area contributed by atoms with Gasteiger partial charge in [-0.2, -0.15) is 0 Å². The van der Waals surface area contributed by atoms with Crippen molar-refractivity contribution >= 4 is 26.7 Å². The number of hydrogen-bond acceptors (Lipinski definition) is 8. The average Bonchev–Trinajstić information content (AvgIpc) is 3.41. The fourth-order valence-electron chi connectivity index (χ4n) is 6.12. The van der Waals surface area contributed by atoms with Crippen LogP contribution in [0.1, 0.15) is 45.6 Å². The molecule has 1 atom stereocenters. The van der Waals surface area contributed by atoms with Gasteiger partial charge < -0.3 is 24.7 Å². The molecule has 9 nitrogen and oxygen atoms in total. The Hall–Kier alpha value is -2.69. The topological polar surface area (TPSA) is 113 Å². The lowest BCUT2D eigenvalue weighted by molar-refractivity contribution is -0.0326. The first-order valence-corrected chi connectivity index (χ1v) is 15.4. The van der Waals surface area contributed by atoms with Gasteiger partial charge in [0.2, 0.25) is 0 Å². The summed E-state index contributed by atoms with van der Waals surface area (Å²) in [6.07, 6.45) is 7.93. The zero-order valence-electron chi connectivity index (χ0n) is 22.2. The van der Waals surface area contributed by atoms with Crippen LogP contribution in [0, 0.1) is 5.92 Å². The smallest absolute Gasteiger partial charge is 0.152 e. The minimum Gasteiger partial charge on any atom is -0.491 e. The van der Waals surface area contributed by atoms with Gasteiger partial charge in [-0.25, -0.2) is 18.4 Å². The van der Waals surface area contributed by atoms with Crippen LogP contribution in [0.2, 0.25) is 0 Å². The molecule has 1 aromatic carbocycles. The minimum absolute atomic E-state index is 0.0792. The minimum atomic E-state index is -2.85. The van der Waals surface area contributed by atoms with Gasteiger partial charge in [-0.3, -0.25) is 0 Å². The fourth-order valence-corrected chi connectivity index (χ4v) is 7.39. The van der Waals surface area contributed by atoms with Crippen LogP contribution >= 0.6 is 0 Å². The number of benzene rings is 1. The van der Waals surface area contributed by atoms with Gasteiger partial charge in [0.25, 0.3) is 0 Å². The molecular formula is C28H37N5O4S. The van der Waals surface area contributed by atoms with E-state index in [0.717, 1.165) is 60.1 Å². The highest BCUT2D eigenvalue weighted by molar-refractivity contribution is 7.91. The molecule has 6 rings (SSSR count). The number of rotatable bonds is 7. The number of nitrogens with two attached hydrogens (primary N) is 1. The molecule has 10 heteroatoms. The second-order valence-electron chi connectivity index (χ2n) is 11.7. The molecule has 2 aliphatic heterocycles. The summed E-state index contributed by atoms with van der Waals surface area (Å²) in [5.41, 5.74) is 9.18. The van der Waals surface area contributed by atoms with Crippen LogP contribution in [0.4, 0.5) is 5.82 Å². The second-order valence-corrected chi connectivity index (χ2v) is 14.0. The quantitative estimate of drug-likeness (QED) is 0.484. The van der Waals surface area contributed by atoms with E-state index < -0.39 is 9.84 Å². The summed E-state index contributed by atoms with van der Waals surface area (Å²) in [5, 5.41) is 0.871. The van der Waals surface area contributed by atoms with Gasteiger partial charge in [0.05, 0.1) is 28.6 Å². The molecule has 2 aromatic heterocycles. The number of anilines is 1. The predicted molar refractivity (Wildman–Crippen MR) is 148 cm³/mol. The van der Waals surface area contributed by atoms with E-state index in [1.807, 2.05) is 12.1 Å². The Kier molecular flexibility index (Phi) is 6.60. The van der Waals surface area contributed by atoms with Crippen LogP contribution in [-0.4, -0.2) is 77.3 Å². The Morgan fingerprint density at radius 1 is 1.18 bits per heavy atom. The van der Waals surface area contributed by atoms with E-state index in [2.05, 4.69) is 51.6 Å². The van der Waals surface area contributed by atoms with E-state index in [-0.39, 0.29) is 23.2 Å². The Balaban J connectivity index is 1.17. The Morgan fingerprint density at radius 3 is 2.71 bits per heavy atom. The highest BCUT2D eigenvalue weighted by atomic mass is 32.2. The van der Waals surface area contributed by atoms with Crippen molar-refractivity contribution in [2.75, 3.05) is 43.5 Å². The van der Waals surface area contributed by atoms with E-state index in [9.17, 15) is 8.42 Å². The molecule has 4 heterocycles. The Labute approximate surface area is 224 Å². The standard InChI is InChI=1S/C28H37N5O4S/c1-28(2)7-6-23(37-28)17-36-22-5-3-4-20(14-22)24-16-33(27-25(24)26(29)30-18-31-27)21-12-19(13-21)15-32-8-10-38(34,35)11-9-32/h3-5,14,16,18-19,21,23H,6-13,15,17H2,1-2H3,(H2,29,30,31)/t19?,21?,23-/m1/s1. The van der Waals surface area contributed by atoms with Crippen LogP contribution in [0.25, 0.3) is 22.2 Å². The molecule has 0 unspecified atom stereocenters. The van der Waals surface area contributed by atoms with Crippen LogP contribution < -0.4 is 10.5 Å². The van der Waals surface area contributed by atoms with Gasteiger partial charge in [-0.1, -0.05) is 12.1 Å². The van der Waals surface area contributed by atoms with Crippen molar-refractivity contribution in [2.24, 2.45) is 5.92 Å². The van der Waals surface area contributed by atoms with E-state index in [1.165, 1.54) is 6.33 Å². The molecule has 0 bridgehead atoms. The molecule has 3 aromatic rings. The largest absolute Gasteiger partial charge is 0.491 e. The predicted octanol–water partition coefficient (Wildman–Crippen LogP) is 3.70. The SMILES string of the molecule is CC1(C)CC[C@H](COc2cccc(-c3cn(C4CC(CN5CCS(=O)(=O)CC5)C4)c4ncnc(N)c34)c2)O1. The van der Waals surface area contributed by atoms with Gasteiger partial charge in [-0.05, 0) is 63.1 Å². The first-order chi connectivity index (χ1) is 18.2. The number of nitrogens with zero attached hydrogens (tertiary/aromatic N) is 4. The lowest BCUT2D eigenvalue weighted by Crippen LogP contribution is -2.44. The Bertz CT molecular complexity index is 1420. The number of sulfone groups is 1. The lowest BCUT2D eigenvalue weighted by atomic mass is 9.79. The highest BCUT2D eigenvalue weighted by Crippen LogP contribution is 2.43. The van der Waals surface area contributed by atoms with Crippen LogP contribution in [-0.2, 0) is 14.6 Å². The van der Waals surface area contributed by atoms with Gasteiger partial charge >= 0.3 is 0 Å². The summed E-state index contributed by atoms with van der Waals surface area (Å²) in [6.45, 7) is 7.03. The average molecular weight is 540 g/mol. The molecule has 2 N–H and O–H groups in total. The van der Waals surface area contributed by atoms with Crippen molar-refractivity contribution in [2.45, 2.75) is 57.3 Å². The van der Waals surface area contributed by atoms with Crippen molar-refractivity contribution in [1.29, 1.82) is 0 Å². The molecular weight excluding hydrogens is 502 g/mol. The molecule has 0 spiro atoms. The van der Waals surface area contributed by atoms with Gasteiger partial charge in [-0.15, -0.1) is 0 Å². The number of fused-ring (bicyclic) bond motifs is 1. The zero-order valence-corrected chi connectivity index (χ0v) is 23.0. The van der Waals surface area contributed by atoms with E-state index in [1.54, 1.807) is 0 Å². The summed E-state index contributed by atoms with van der Waals surface area (Å²) in [5.74, 6) is 2.39. The summed E-state index contributed by atoms with van der Waals surface area (Å²) < 4.78 is 38.0. The zero-order chi connectivity index (χ0) is 26.5. The highest BCUT2D eigenvalue weighted by Gasteiger charge is 2.35. The summed E-state index contributed by atoms with van der Waals surface area (Å²) in [4.78, 5) is 11.2. The first-order valence-electron chi connectivity index (χ1n) is 13.6. The molecule has 38 heavy (non-hydrogen) atoms. The number of nitrogen functional groups attached to an aromatic ring is 1. The first kappa shape index (κ1) is 25.6. The number of hydrogen-bond donors (Lipinski definition) is 1. The Morgan fingerprint density at radius 2 is 1.97 bits per heavy atom. The van der Waals surface area contributed by atoms with Crippen molar-refractivity contribution in [3.63, 3.8) is 0 Å². The summed E-state index contributed by atoms with van der Waals surface area (Å²) in [7, 11) is -2.85. The molecule has 0 radical (unpaired) electrons. The lowest BCUT2D eigenvalue weighted by Gasteiger charge is -2.40. The maximum atomic E-state index is 11.7. The maximum Gasteiger partial charge on any atom is 0.152 e. The third-order valence-electron chi connectivity index (χ3n) is 8.33. The monoisotopic (exact) mass is 539 g/mol. The van der Waals surface area contributed by atoms with E-state index in [0.29, 0.717) is 37.5 Å². The third kappa shape index (κ3) is 5.26. The van der Waals surface area contributed by atoms with E-state index in [4.69, 9.17) is 15.2 Å². The maximum absolute atomic E-state index is 11.7. The molecule has 3 aliphatic rings. The van der Waals surface area contributed by atoms with Gasteiger partial charge in [0.1, 0.15) is 30.1 Å². The molecule has 0 amide bonds. The number of aromatic nitrogens is 3. The van der Waals surface area contributed by atoms with Crippen LogP contribution in [0.5, 0.6) is 5.75 Å². The van der Waals surface area contributed by atoms with Gasteiger partial charge in [0, 0.05) is 37.4 Å². The normalized spacial score (nSPS) is 26.8. The van der Waals surface area contributed by atoms with Crippen LogP contribution in [0.3, 0.4) is 0 Å². The third-order valence-corrected chi connectivity index (χ3v) is 9.94. The van der Waals surface area contributed by atoms with Crippen molar-refractivity contribution in [1.82, 2.24) is 19.4 Å². The van der Waals surface area contributed by atoms with Crippen molar-refractivity contribution < 1.29 is 17.9 Å². The molecule has 204 valence electrons. The van der Waals surface area contributed by atoms with Gasteiger partial charge in [0.15, 0.2) is 9.84 Å². The second kappa shape index (κ2) is 9.81. The molecule has 3 fully saturated rings. The summed E-state index contributed by atoms with van der Waals surface area (Å²) >= 11 is 0.